The van der Waals surface area contributed by atoms with Crippen LogP contribution in [-0.4, -0.2) is 29.1 Å². The molecular formula is C20H40O4. The highest BCUT2D eigenvalue weighted by atomic mass is 16.6. The topological polar surface area (TPSA) is 66.8 Å². The molecule has 0 aliphatic heterocycles. The first kappa shape index (κ1) is 23.4. The maximum Gasteiger partial charge on any atom is 0.305 e. The Morgan fingerprint density at radius 1 is 0.708 bits per heavy atom. The lowest BCUT2D eigenvalue weighted by atomic mass is 10.0. The smallest absolute Gasteiger partial charge is 0.305 e. The summed E-state index contributed by atoms with van der Waals surface area (Å²) in [6.45, 7) is 1.94. The second kappa shape index (κ2) is 18.7. The van der Waals surface area contributed by atoms with E-state index in [1.807, 2.05) is 0 Å². The van der Waals surface area contributed by atoms with Gasteiger partial charge in [-0.2, -0.15) is 0 Å². The number of carbonyl (C=O) groups is 1. The lowest BCUT2D eigenvalue weighted by molar-refractivity contribution is -0.156. The SMILES string of the molecule is CCCCCCCCCCCCCCCCCC(=O)OCC(O)O. The number of rotatable bonds is 18. The zero-order valence-corrected chi connectivity index (χ0v) is 15.8. The van der Waals surface area contributed by atoms with E-state index in [0.29, 0.717) is 6.42 Å². The predicted octanol–water partition coefficient (Wildman–Crippen LogP) is 5.10. The fraction of sp³-hybridized carbons (Fsp3) is 0.950. The van der Waals surface area contributed by atoms with Gasteiger partial charge in [0.1, 0.15) is 6.61 Å². The Balaban J connectivity index is 3.08. The molecule has 0 aliphatic carbocycles. The van der Waals surface area contributed by atoms with Crippen molar-refractivity contribution in [1.82, 2.24) is 0 Å². The molecule has 4 nitrogen and oxygen atoms in total. The van der Waals surface area contributed by atoms with Crippen LogP contribution in [0.25, 0.3) is 0 Å². The molecule has 0 fully saturated rings. The molecule has 4 heteroatoms. The van der Waals surface area contributed by atoms with Gasteiger partial charge in [-0.3, -0.25) is 4.79 Å². The highest BCUT2D eigenvalue weighted by Gasteiger charge is 2.05. The second-order valence-corrected chi connectivity index (χ2v) is 6.86. The summed E-state index contributed by atoms with van der Waals surface area (Å²) < 4.78 is 4.68. The van der Waals surface area contributed by atoms with E-state index in [4.69, 9.17) is 10.2 Å². The first-order valence-corrected chi connectivity index (χ1v) is 10.2. The van der Waals surface area contributed by atoms with E-state index < -0.39 is 6.29 Å². The Hall–Kier alpha value is -0.610. The lowest BCUT2D eigenvalue weighted by Gasteiger charge is -2.06. The van der Waals surface area contributed by atoms with Gasteiger partial charge in [0.15, 0.2) is 6.29 Å². The van der Waals surface area contributed by atoms with Gasteiger partial charge in [0.05, 0.1) is 0 Å². The minimum atomic E-state index is -1.56. The molecule has 0 amide bonds. The summed E-state index contributed by atoms with van der Waals surface area (Å²) in [5.74, 6) is -0.335. The number of hydrogen-bond acceptors (Lipinski definition) is 4. The highest BCUT2D eigenvalue weighted by Crippen LogP contribution is 2.13. The van der Waals surface area contributed by atoms with Crippen molar-refractivity contribution in [2.75, 3.05) is 6.61 Å². The standard InChI is InChI=1S/C20H40O4/c1-2-3-4-5-6-7-8-9-10-11-12-13-14-15-16-17-20(23)24-18-19(21)22/h19,21-22H,2-18H2,1H3. The Bertz CT molecular complexity index is 266. The van der Waals surface area contributed by atoms with E-state index in [1.54, 1.807) is 0 Å². The molecule has 0 radical (unpaired) electrons. The molecule has 0 aromatic heterocycles. The summed E-state index contributed by atoms with van der Waals surface area (Å²) >= 11 is 0. The summed E-state index contributed by atoms with van der Waals surface area (Å²) in [7, 11) is 0. The number of hydrogen-bond donors (Lipinski definition) is 2. The molecule has 24 heavy (non-hydrogen) atoms. The van der Waals surface area contributed by atoms with Crippen LogP contribution in [0.5, 0.6) is 0 Å². The molecule has 0 atom stereocenters. The van der Waals surface area contributed by atoms with E-state index in [-0.39, 0.29) is 12.6 Å². The molecule has 0 aromatic rings. The van der Waals surface area contributed by atoms with Crippen molar-refractivity contribution in [1.29, 1.82) is 0 Å². The second-order valence-electron chi connectivity index (χ2n) is 6.86. The number of unbranched alkanes of at least 4 members (excludes halogenated alkanes) is 14. The summed E-state index contributed by atoms with van der Waals surface area (Å²) in [6.07, 6.45) is 18.3. The van der Waals surface area contributed by atoms with Crippen molar-refractivity contribution in [3.05, 3.63) is 0 Å². The number of aliphatic hydroxyl groups excluding tert-OH is 1. The number of ether oxygens (including phenoxy) is 1. The largest absolute Gasteiger partial charge is 0.460 e. The van der Waals surface area contributed by atoms with Crippen LogP contribution < -0.4 is 0 Å². The van der Waals surface area contributed by atoms with Crippen molar-refractivity contribution >= 4 is 5.97 Å². The molecule has 0 aromatic carbocycles. The molecule has 0 saturated carbocycles. The molecule has 0 heterocycles. The minimum absolute atomic E-state index is 0.322. The molecule has 0 bridgehead atoms. The molecule has 144 valence electrons. The van der Waals surface area contributed by atoms with Crippen LogP contribution in [-0.2, 0) is 9.53 Å². The van der Waals surface area contributed by atoms with Crippen LogP contribution in [0.4, 0.5) is 0 Å². The van der Waals surface area contributed by atoms with Gasteiger partial charge in [-0.25, -0.2) is 0 Å². The summed E-state index contributed by atoms with van der Waals surface area (Å²) in [6, 6.07) is 0. The van der Waals surface area contributed by atoms with Gasteiger partial charge in [-0.1, -0.05) is 96.8 Å². The van der Waals surface area contributed by atoms with Gasteiger partial charge in [0.25, 0.3) is 0 Å². The minimum Gasteiger partial charge on any atom is -0.460 e. The quantitative estimate of drug-likeness (QED) is 0.206. The van der Waals surface area contributed by atoms with Crippen LogP contribution in [0.2, 0.25) is 0 Å². The average Bonchev–Trinajstić information content (AvgIpc) is 2.56. The zero-order valence-electron chi connectivity index (χ0n) is 15.8. The number of carbonyl (C=O) groups excluding carboxylic acids is 1. The molecule has 2 N–H and O–H groups in total. The number of esters is 1. The fourth-order valence-electron chi connectivity index (χ4n) is 2.88. The monoisotopic (exact) mass is 344 g/mol. The van der Waals surface area contributed by atoms with Gasteiger partial charge in [0.2, 0.25) is 0 Å². The highest BCUT2D eigenvalue weighted by molar-refractivity contribution is 5.69. The van der Waals surface area contributed by atoms with E-state index in [0.717, 1.165) is 12.8 Å². The van der Waals surface area contributed by atoms with E-state index in [2.05, 4.69) is 11.7 Å². The van der Waals surface area contributed by atoms with Crippen LogP contribution >= 0.6 is 0 Å². The van der Waals surface area contributed by atoms with E-state index in [1.165, 1.54) is 83.5 Å². The zero-order chi connectivity index (χ0) is 17.9. The third kappa shape index (κ3) is 19.4. The van der Waals surface area contributed by atoms with Gasteiger partial charge < -0.3 is 14.9 Å². The molecule has 0 spiro atoms. The summed E-state index contributed by atoms with van der Waals surface area (Å²) in [4.78, 5) is 11.2. The predicted molar refractivity (Wildman–Crippen MR) is 98.7 cm³/mol. The maximum atomic E-state index is 11.2. The van der Waals surface area contributed by atoms with Gasteiger partial charge in [-0.15, -0.1) is 0 Å². The Morgan fingerprint density at radius 2 is 1.08 bits per heavy atom. The third-order valence-corrected chi connectivity index (χ3v) is 4.38. The van der Waals surface area contributed by atoms with Gasteiger partial charge in [0, 0.05) is 6.42 Å². The first-order valence-electron chi connectivity index (χ1n) is 10.2. The van der Waals surface area contributed by atoms with Crippen molar-refractivity contribution in [2.24, 2.45) is 0 Å². The molecule has 0 unspecified atom stereocenters. The molecular weight excluding hydrogens is 304 g/mol. The normalized spacial score (nSPS) is 11.2. The average molecular weight is 345 g/mol. The van der Waals surface area contributed by atoms with Crippen molar-refractivity contribution in [3.8, 4) is 0 Å². The first-order chi connectivity index (χ1) is 11.7. The van der Waals surface area contributed by atoms with Gasteiger partial charge in [-0.05, 0) is 6.42 Å². The lowest BCUT2D eigenvalue weighted by Crippen LogP contribution is -2.17. The fourth-order valence-corrected chi connectivity index (χ4v) is 2.88. The summed E-state index contributed by atoms with van der Waals surface area (Å²) in [5, 5.41) is 17.2. The van der Waals surface area contributed by atoms with Crippen LogP contribution in [0.1, 0.15) is 110 Å². The molecule has 0 rings (SSSR count). The third-order valence-electron chi connectivity index (χ3n) is 4.38. The van der Waals surface area contributed by atoms with E-state index >= 15 is 0 Å². The Kier molecular flexibility index (Phi) is 18.2. The Morgan fingerprint density at radius 3 is 1.46 bits per heavy atom. The molecule has 0 aliphatic rings. The van der Waals surface area contributed by atoms with Crippen molar-refractivity contribution in [3.63, 3.8) is 0 Å². The molecule has 0 saturated heterocycles. The van der Waals surface area contributed by atoms with E-state index in [9.17, 15) is 4.79 Å². The van der Waals surface area contributed by atoms with Crippen LogP contribution in [0.3, 0.4) is 0 Å². The van der Waals surface area contributed by atoms with Crippen molar-refractivity contribution < 1.29 is 19.7 Å². The van der Waals surface area contributed by atoms with Crippen molar-refractivity contribution in [2.45, 2.75) is 116 Å². The number of aliphatic hydroxyl groups is 2. The van der Waals surface area contributed by atoms with Gasteiger partial charge >= 0.3 is 5.97 Å². The van der Waals surface area contributed by atoms with Crippen LogP contribution in [0, 0.1) is 0 Å². The summed E-state index contributed by atoms with van der Waals surface area (Å²) in [5.41, 5.74) is 0. The Labute approximate surface area is 149 Å². The maximum absolute atomic E-state index is 11.2. The van der Waals surface area contributed by atoms with Crippen LogP contribution in [0.15, 0.2) is 0 Å².